The lowest BCUT2D eigenvalue weighted by Gasteiger charge is -2.26. The van der Waals surface area contributed by atoms with E-state index in [0.717, 1.165) is 27.6 Å². The third-order valence-corrected chi connectivity index (χ3v) is 4.56. The highest BCUT2D eigenvalue weighted by atomic mass is 32.2. The summed E-state index contributed by atoms with van der Waals surface area (Å²) in [6, 6.07) is 13.2. The Morgan fingerprint density at radius 2 is 2.17 bits per heavy atom. The zero-order valence-electron chi connectivity index (χ0n) is 13.7. The summed E-state index contributed by atoms with van der Waals surface area (Å²) in [4.78, 5) is 13.3. The highest BCUT2D eigenvalue weighted by Gasteiger charge is 2.22. The summed E-state index contributed by atoms with van der Waals surface area (Å²) in [5.41, 5.74) is 1.81. The van der Waals surface area contributed by atoms with Crippen molar-refractivity contribution in [2.45, 2.75) is 17.4 Å². The Hall–Kier alpha value is -2.34. The van der Waals surface area contributed by atoms with E-state index in [4.69, 9.17) is 9.47 Å². The largest absolute Gasteiger partial charge is 0.497 e. The molecule has 1 aliphatic rings. The molecule has 2 aromatic rings. The molecule has 0 unspecified atom stereocenters. The molecule has 126 valence electrons. The van der Waals surface area contributed by atoms with Gasteiger partial charge in [0.05, 0.1) is 13.2 Å². The fourth-order valence-electron chi connectivity index (χ4n) is 2.64. The number of fused-ring (bicyclic) bond motifs is 1. The second-order valence-electron chi connectivity index (χ2n) is 5.52. The molecule has 2 N–H and O–H groups in total. The summed E-state index contributed by atoms with van der Waals surface area (Å²) < 4.78 is 11.0. The van der Waals surface area contributed by atoms with E-state index in [-0.39, 0.29) is 12.1 Å². The van der Waals surface area contributed by atoms with Crippen LogP contribution in [-0.2, 0) is 6.42 Å². The Balaban J connectivity index is 1.60. The van der Waals surface area contributed by atoms with Crippen molar-refractivity contribution in [3.05, 3.63) is 48.0 Å². The summed E-state index contributed by atoms with van der Waals surface area (Å²) in [6.07, 6.45) is 2.72. The topological polar surface area (TPSA) is 59.6 Å². The summed E-state index contributed by atoms with van der Waals surface area (Å²) in [5, 5.41) is 5.83. The van der Waals surface area contributed by atoms with Gasteiger partial charge >= 0.3 is 6.03 Å². The van der Waals surface area contributed by atoms with Crippen LogP contribution < -0.4 is 20.1 Å². The van der Waals surface area contributed by atoms with Gasteiger partial charge in [0, 0.05) is 10.6 Å². The second-order valence-corrected chi connectivity index (χ2v) is 6.40. The van der Waals surface area contributed by atoms with Crippen LogP contribution in [0.1, 0.15) is 5.56 Å². The van der Waals surface area contributed by atoms with Gasteiger partial charge in [-0.2, -0.15) is 0 Å². The van der Waals surface area contributed by atoms with Crippen LogP contribution in [0.5, 0.6) is 11.5 Å². The number of benzene rings is 2. The van der Waals surface area contributed by atoms with Gasteiger partial charge in [0.1, 0.15) is 18.1 Å². The number of urea groups is 1. The van der Waals surface area contributed by atoms with Gasteiger partial charge < -0.3 is 20.1 Å². The van der Waals surface area contributed by atoms with Crippen LogP contribution in [0.3, 0.4) is 0 Å². The zero-order chi connectivity index (χ0) is 16.9. The van der Waals surface area contributed by atoms with Crippen molar-refractivity contribution in [3.63, 3.8) is 0 Å². The van der Waals surface area contributed by atoms with Crippen LogP contribution in [0.25, 0.3) is 0 Å². The minimum Gasteiger partial charge on any atom is -0.497 e. The molecule has 1 aliphatic heterocycles. The van der Waals surface area contributed by atoms with Gasteiger partial charge in [0.15, 0.2) is 0 Å². The Labute approximate surface area is 145 Å². The molecule has 1 atom stereocenters. The van der Waals surface area contributed by atoms with Gasteiger partial charge in [0.2, 0.25) is 0 Å². The van der Waals surface area contributed by atoms with Crippen molar-refractivity contribution in [1.82, 2.24) is 5.32 Å². The minimum absolute atomic E-state index is 0.0756. The van der Waals surface area contributed by atoms with Crippen LogP contribution >= 0.6 is 11.8 Å². The lowest BCUT2D eigenvalue weighted by Crippen LogP contribution is -2.44. The van der Waals surface area contributed by atoms with Crippen LogP contribution in [0.15, 0.2) is 47.4 Å². The maximum absolute atomic E-state index is 12.2. The summed E-state index contributed by atoms with van der Waals surface area (Å²) >= 11 is 1.64. The van der Waals surface area contributed by atoms with Crippen molar-refractivity contribution >= 4 is 23.5 Å². The van der Waals surface area contributed by atoms with Gasteiger partial charge in [-0.25, -0.2) is 4.79 Å². The van der Waals surface area contributed by atoms with Gasteiger partial charge in [-0.05, 0) is 54.6 Å². The van der Waals surface area contributed by atoms with Gasteiger partial charge in [-0.1, -0.05) is 6.07 Å². The highest BCUT2D eigenvalue weighted by Crippen LogP contribution is 2.28. The quantitative estimate of drug-likeness (QED) is 0.833. The number of nitrogens with one attached hydrogen (secondary N) is 2. The highest BCUT2D eigenvalue weighted by molar-refractivity contribution is 7.98. The molecule has 2 amide bonds. The number of amides is 2. The van der Waals surface area contributed by atoms with E-state index >= 15 is 0 Å². The normalized spacial score (nSPS) is 15.8. The SMILES string of the molecule is COc1ccc2c(c1)C[C@H](NC(=O)Nc1cccc(SC)c1)CO2. The van der Waals surface area contributed by atoms with Crippen LogP contribution in [-0.4, -0.2) is 32.0 Å². The first-order chi connectivity index (χ1) is 11.7. The molecule has 5 nitrogen and oxygen atoms in total. The number of methoxy groups -OCH3 is 1. The van der Waals surface area contributed by atoms with E-state index in [2.05, 4.69) is 10.6 Å². The monoisotopic (exact) mass is 344 g/mol. The minimum atomic E-state index is -0.229. The molecular weight excluding hydrogens is 324 g/mol. The van der Waals surface area contributed by atoms with E-state index in [9.17, 15) is 4.79 Å². The Morgan fingerprint density at radius 3 is 2.96 bits per heavy atom. The average molecular weight is 344 g/mol. The van der Waals surface area contributed by atoms with E-state index in [0.29, 0.717) is 13.0 Å². The number of ether oxygens (including phenoxy) is 2. The van der Waals surface area contributed by atoms with Crippen molar-refractivity contribution in [1.29, 1.82) is 0 Å². The average Bonchev–Trinajstić information content (AvgIpc) is 2.61. The van der Waals surface area contributed by atoms with Crippen LogP contribution in [0.2, 0.25) is 0 Å². The zero-order valence-corrected chi connectivity index (χ0v) is 14.5. The molecule has 0 bridgehead atoms. The molecule has 0 aliphatic carbocycles. The van der Waals surface area contributed by atoms with Crippen LogP contribution in [0.4, 0.5) is 10.5 Å². The summed E-state index contributed by atoms with van der Waals surface area (Å²) in [5.74, 6) is 1.64. The molecule has 0 fully saturated rings. The number of thioether (sulfide) groups is 1. The van der Waals surface area contributed by atoms with E-state index in [1.165, 1.54) is 0 Å². The molecule has 24 heavy (non-hydrogen) atoms. The fourth-order valence-corrected chi connectivity index (χ4v) is 3.10. The molecule has 6 heteroatoms. The molecule has 2 aromatic carbocycles. The standard InChI is InChI=1S/C18H20N2O3S/c1-22-15-6-7-17-12(9-15)8-14(11-23-17)20-18(21)19-13-4-3-5-16(10-13)24-2/h3-7,9-10,14H,8,11H2,1-2H3,(H2,19,20,21)/t14-/m0/s1. The third kappa shape index (κ3) is 3.94. The predicted octanol–water partition coefficient (Wildman–Crippen LogP) is 3.54. The molecule has 0 radical (unpaired) electrons. The first kappa shape index (κ1) is 16.5. The molecule has 0 saturated heterocycles. The first-order valence-electron chi connectivity index (χ1n) is 7.69. The number of anilines is 1. The third-order valence-electron chi connectivity index (χ3n) is 3.84. The second kappa shape index (κ2) is 7.49. The maximum Gasteiger partial charge on any atom is 0.319 e. The molecule has 3 rings (SSSR count). The Morgan fingerprint density at radius 1 is 1.29 bits per heavy atom. The summed E-state index contributed by atoms with van der Waals surface area (Å²) in [6.45, 7) is 0.456. The molecule has 0 saturated carbocycles. The lowest BCUT2D eigenvalue weighted by atomic mass is 10.0. The van der Waals surface area contributed by atoms with Crippen molar-refractivity contribution in [3.8, 4) is 11.5 Å². The van der Waals surface area contributed by atoms with E-state index < -0.39 is 0 Å². The Bertz CT molecular complexity index is 736. The number of carbonyl (C=O) groups excluding carboxylic acids is 1. The molecule has 1 heterocycles. The molecular formula is C18H20N2O3S. The fraction of sp³-hybridized carbons (Fsp3) is 0.278. The molecule has 0 spiro atoms. The number of hydrogen-bond donors (Lipinski definition) is 2. The number of carbonyl (C=O) groups is 1. The van der Waals surface area contributed by atoms with Crippen molar-refractivity contribution < 1.29 is 14.3 Å². The lowest BCUT2D eigenvalue weighted by molar-refractivity contribution is 0.222. The maximum atomic E-state index is 12.2. The van der Waals surface area contributed by atoms with Crippen molar-refractivity contribution in [2.24, 2.45) is 0 Å². The number of hydrogen-bond acceptors (Lipinski definition) is 4. The van der Waals surface area contributed by atoms with Crippen molar-refractivity contribution in [2.75, 3.05) is 25.3 Å². The predicted molar refractivity (Wildman–Crippen MR) is 96.4 cm³/mol. The van der Waals surface area contributed by atoms with Crippen LogP contribution in [0, 0.1) is 0 Å². The summed E-state index contributed by atoms with van der Waals surface area (Å²) in [7, 11) is 1.64. The Kier molecular flexibility index (Phi) is 5.15. The van der Waals surface area contributed by atoms with E-state index in [1.807, 2.05) is 48.7 Å². The smallest absolute Gasteiger partial charge is 0.319 e. The van der Waals surface area contributed by atoms with E-state index in [1.54, 1.807) is 18.9 Å². The van der Waals surface area contributed by atoms with Gasteiger partial charge in [0.25, 0.3) is 0 Å². The number of rotatable bonds is 4. The van der Waals surface area contributed by atoms with Gasteiger partial charge in [-0.15, -0.1) is 11.8 Å². The first-order valence-corrected chi connectivity index (χ1v) is 8.91. The molecule has 0 aromatic heterocycles. The van der Waals surface area contributed by atoms with Gasteiger partial charge in [-0.3, -0.25) is 0 Å².